The molecule has 0 aromatic heterocycles. The van der Waals surface area contributed by atoms with E-state index in [1.54, 1.807) is 0 Å². The smallest absolute Gasteiger partial charge is 0.333 e. The lowest BCUT2D eigenvalue weighted by Crippen LogP contribution is -2.43. The Morgan fingerprint density at radius 3 is 0.640 bits per heavy atom. The van der Waals surface area contributed by atoms with Gasteiger partial charge in [0.1, 0.15) is 0 Å². The number of amides is 12. The van der Waals surface area contributed by atoms with Gasteiger partial charge in [-0.2, -0.15) is 0 Å². The summed E-state index contributed by atoms with van der Waals surface area (Å²) in [6, 6.07) is 0. The van der Waals surface area contributed by atoms with Crippen LogP contribution in [0.3, 0.4) is 0 Å². The van der Waals surface area contributed by atoms with Crippen LogP contribution in [0.1, 0.15) is 103 Å². The van der Waals surface area contributed by atoms with Gasteiger partial charge in [0.2, 0.25) is 23.6 Å². The number of nitrogens with one attached hydrogen (secondary N) is 4. The lowest BCUT2D eigenvalue weighted by molar-refractivity contribution is -0.197. The molecule has 12 amide bonds. The monoisotopic (exact) mass is 1270 g/mol. The van der Waals surface area contributed by atoms with E-state index in [2.05, 4.69) is 21.3 Å². The standard InChI is InChI=1S/C53H76N8O28/c62-37(1-13-49(74)86-58-41(66)5-6-42(58)67)54-17-21-78-25-29-82-33-53(34-83-30-26-79-22-18-55-38(63)2-14-50(75)87-59-43(68)7-8-44(59)69,35-84-31-27-80-23-19-56-39(64)3-15-51(76)88-60-45(70)9-10-46(60)71)36-85-32-28-81-24-20-57-40(65)4-16-52(77)89-61-47(72)11-12-48(61)73/h1-36H2,(H,54,62)(H,55,63)(H,56,64)(H,57,65). The normalized spacial score (nSPS) is 15.1. The molecule has 4 aliphatic heterocycles. The molecule has 89 heavy (non-hydrogen) atoms. The number of ether oxygens (including phenoxy) is 8. The quantitative estimate of drug-likeness (QED) is 0.0334. The first-order valence-electron chi connectivity index (χ1n) is 28.7. The van der Waals surface area contributed by atoms with Crippen molar-refractivity contribution < 1.29 is 134 Å². The van der Waals surface area contributed by atoms with Crippen LogP contribution < -0.4 is 21.3 Å². The molecule has 0 unspecified atom stereocenters. The number of carbonyl (C=O) groups excluding carboxylic acids is 16. The number of carbonyl (C=O) groups is 16. The summed E-state index contributed by atoms with van der Waals surface area (Å²) < 4.78 is 46.6. The summed E-state index contributed by atoms with van der Waals surface area (Å²) >= 11 is 0. The number of hydrogen-bond donors (Lipinski definition) is 4. The molecule has 36 heteroatoms. The van der Waals surface area contributed by atoms with Crippen molar-refractivity contribution in [2.45, 2.75) is 103 Å². The fourth-order valence-electron chi connectivity index (χ4n) is 7.77. The lowest BCUT2D eigenvalue weighted by Gasteiger charge is -2.33. The highest BCUT2D eigenvalue weighted by Crippen LogP contribution is 2.22. The molecule has 0 aromatic rings. The number of hydrogen-bond acceptors (Lipinski definition) is 28. The average molecular weight is 1270 g/mol. The third-order valence-electron chi connectivity index (χ3n) is 12.4. The third-order valence-corrected chi connectivity index (χ3v) is 12.4. The largest absolute Gasteiger partial charge is 0.378 e. The highest BCUT2D eigenvalue weighted by Gasteiger charge is 2.37. The van der Waals surface area contributed by atoms with Gasteiger partial charge in [-0.05, 0) is 0 Å². The molecule has 4 N–H and O–H groups in total. The number of rotatable bonds is 48. The van der Waals surface area contributed by atoms with Crippen LogP contribution in [0.4, 0.5) is 0 Å². The Morgan fingerprint density at radius 2 is 0.449 bits per heavy atom. The SMILES string of the molecule is O=C(CCC(=O)ON1C(=O)CCC1=O)NCCOCCOCC(COCCOCCNC(=O)CCC(=O)ON1C(=O)CCC1=O)(COCCOCCNC(=O)CCC(=O)ON1C(=O)CCC1=O)COCCOCCNC(=O)CCC(=O)ON1C(=O)CCC1=O. The highest BCUT2D eigenvalue weighted by atomic mass is 16.7. The molecule has 496 valence electrons. The summed E-state index contributed by atoms with van der Waals surface area (Å²) in [5.41, 5.74) is -1.04. The van der Waals surface area contributed by atoms with E-state index in [0.29, 0.717) is 20.3 Å². The molecular formula is C53H76N8O28. The summed E-state index contributed by atoms with van der Waals surface area (Å²) in [5, 5.41) is 11.9. The fraction of sp³-hybridized carbons (Fsp3) is 0.698. The second-order valence-electron chi connectivity index (χ2n) is 19.7. The van der Waals surface area contributed by atoms with E-state index in [9.17, 15) is 76.7 Å². The molecule has 4 saturated heterocycles. The van der Waals surface area contributed by atoms with Gasteiger partial charge in [0, 0.05) is 103 Å². The van der Waals surface area contributed by atoms with Crippen LogP contribution in [0.2, 0.25) is 0 Å². The van der Waals surface area contributed by atoms with E-state index in [-0.39, 0.29) is 235 Å². The Hall–Kier alpha value is -8.00. The molecule has 0 radical (unpaired) electrons. The maximum Gasteiger partial charge on any atom is 0.333 e. The first-order valence-corrected chi connectivity index (χ1v) is 28.7. The number of hydroxylamine groups is 8. The molecular weight excluding hydrogens is 1200 g/mol. The Balaban J connectivity index is 1.24. The molecule has 0 atom stereocenters. The lowest BCUT2D eigenvalue weighted by atomic mass is 9.92. The van der Waals surface area contributed by atoms with Crippen LogP contribution in [0, 0.1) is 5.41 Å². The van der Waals surface area contributed by atoms with Crippen LogP contribution in [-0.4, -0.2) is 247 Å². The second-order valence-corrected chi connectivity index (χ2v) is 19.7. The van der Waals surface area contributed by atoms with Crippen molar-refractivity contribution in [2.75, 3.05) is 132 Å². The molecule has 4 fully saturated rings. The minimum absolute atomic E-state index is 0.0326. The van der Waals surface area contributed by atoms with Crippen LogP contribution in [0.25, 0.3) is 0 Å². The second kappa shape index (κ2) is 41.3. The summed E-state index contributed by atoms with van der Waals surface area (Å²) in [7, 11) is 0. The molecule has 0 spiro atoms. The van der Waals surface area contributed by atoms with Crippen LogP contribution >= 0.6 is 0 Å². The summed E-state index contributed by atoms with van der Waals surface area (Å²) in [6.07, 6.45) is -3.26. The van der Waals surface area contributed by atoms with Gasteiger partial charge < -0.3 is 78.5 Å². The van der Waals surface area contributed by atoms with Crippen LogP contribution in [0.5, 0.6) is 0 Å². The summed E-state index contributed by atoms with van der Waals surface area (Å²) in [6.45, 7) is 0.610. The van der Waals surface area contributed by atoms with Crippen molar-refractivity contribution >= 4 is 94.8 Å². The Kier molecular flexibility index (Phi) is 34.1. The van der Waals surface area contributed by atoms with Crippen molar-refractivity contribution in [2.24, 2.45) is 5.41 Å². The predicted molar refractivity (Wildman–Crippen MR) is 287 cm³/mol. The zero-order valence-electron chi connectivity index (χ0n) is 49.2. The summed E-state index contributed by atoms with van der Waals surface area (Å²) in [4.78, 5) is 210. The number of nitrogens with zero attached hydrogens (tertiary/aromatic N) is 4. The van der Waals surface area contributed by atoms with Crippen molar-refractivity contribution in [3.05, 3.63) is 0 Å². The van der Waals surface area contributed by atoms with Gasteiger partial charge >= 0.3 is 23.9 Å². The highest BCUT2D eigenvalue weighted by molar-refractivity contribution is 6.03. The first-order chi connectivity index (χ1) is 42.7. The van der Waals surface area contributed by atoms with Gasteiger partial charge in [0.05, 0.1) is 137 Å². The van der Waals surface area contributed by atoms with E-state index in [0.717, 1.165) is 0 Å². The molecule has 36 nitrogen and oxygen atoms in total. The van der Waals surface area contributed by atoms with Gasteiger partial charge in [-0.3, -0.25) is 57.5 Å². The van der Waals surface area contributed by atoms with Gasteiger partial charge in [0.25, 0.3) is 47.3 Å². The van der Waals surface area contributed by atoms with Crippen molar-refractivity contribution in [1.82, 2.24) is 41.5 Å². The zero-order chi connectivity index (χ0) is 64.8. The van der Waals surface area contributed by atoms with Crippen LogP contribution in [-0.2, 0) is 134 Å². The topological polar surface area (TPSA) is 445 Å². The Bertz CT molecular complexity index is 2100. The Labute approximate surface area is 509 Å². The molecule has 4 aliphatic rings. The molecule has 4 rings (SSSR count). The van der Waals surface area contributed by atoms with E-state index in [1.807, 2.05) is 0 Å². The van der Waals surface area contributed by atoms with Crippen molar-refractivity contribution in [1.29, 1.82) is 0 Å². The molecule has 4 heterocycles. The predicted octanol–water partition coefficient (Wildman–Crippen LogP) is -3.88. The third kappa shape index (κ3) is 29.7. The van der Waals surface area contributed by atoms with Crippen molar-refractivity contribution in [3.63, 3.8) is 0 Å². The first kappa shape index (κ1) is 73.5. The van der Waals surface area contributed by atoms with Gasteiger partial charge in [-0.25, -0.2) is 19.2 Å². The summed E-state index contributed by atoms with van der Waals surface area (Å²) in [5.74, 6) is -10.9. The molecule has 0 aromatic carbocycles. The fourth-order valence-corrected chi connectivity index (χ4v) is 7.77. The van der Waals surface area contributed by atoms with Crippen molar-refractivity contribution in [3.8, 4) is 0 Å². The van der Waals surface area contributed by atoms with E-state index in [4.69, 9.17) is 57.2 Å². The van der Waals surface area contributed by atoms with Crippen LogP contribution in [0.15, 0.2) is 0 Å². The average Bonchev–Trinajstić information content (AvgIpc) is 3.96. The van der Waals surface area contributed by atoms with E-state index < -0.39 is 100 Å². The number of imide groups is 4. The Morgan fingerprint density at radius 1 is 0.270 bits per heavy atom. The molecule has 0 aliphatic carbocycles. The minimum atomic E-state index is -1.04. The minimum Gasteiger partial charge on any atom is -0.378 e. The van der Waals surface area contributed by atoms with Gasteiger partial charge in [-0.1, -0.05) is 0 Å². The maximum atomic E-state index is 12.3. The van der Waals surface area contributed by atoms with E-state index >= 15 is 0 Å². The van der Waals surface area contributed by atoms with Gasteiger partial charge in [-0.15, -0.1) is 20.3 Å². The van der Waals surface area contributed by atoms with Gasteiger partial charge in [0.15, 0.2) is 0 Å². The zero-order valence-corrected chi connectivity index (χ0v) is 49.2. The molecule has 0 bridgehead atoms. The maximum absolute atomic E-state index is 12.3. The molecule has 0 saturated carbocycles. The van der Waals surface area contributed by atoms with E-state index in [1.165, 1.54) is 0 Å².